The van der Waals surface area contributed by atoms with Gasteiger partial charge in [0.15, 0.2) is 0 Å². The van der Waals surface area contributed by atoms with Crippen molar-refractivity contribution in [2.24, 2.45) is 0 Å². The van der Waals surface area contributed by atoms with Crippen LogP contribution in [0.25, 0.3) is 0 Å². The number of aliphatic hydroxyl groups excluding tert-OH is 1. The average Bonchev–Trinajstić information content (AvgIpc) is 2.12. The van der Waals surface area contributed by atoms with E-state index >= 15 is 0 Å². The molecule has 0 unspecified atom stereocenters. The second-order valence-corrected chi connectivity index (χ2v) is 3.00. The van der Waals surface area contributed by atoms with Crippen LogP contribution in [0, 0.1) is 0 Å². The fraction of sp³-hybridized carbons (Fsp3) is 0.778. The standard InChI is InChI=1S/C9H17NO4/c1-2-3-8(12)10(6-7-11)5-4-9(13)14/h11H,2-7H2,1H3,(H,13,14). The van der Waals surface area contributed by atoms with Crippen molar-refractivity contribution in [3.63, 3.8) is 0 Å². The summed E-state index contributed by atoms with van der Waals surface area (Å²) in [7, 11) is 0. The van der Waals surface area contributed by atoms with Crippen LogP contribution in [0.5, 0.6) is 0 Å². The van der Waals surface area contributed by atoms with Gasteiger partial charge in [0.25, 0.3) is 0 Å². The van der Waals surface area contributed by atoms with E-state index in [4.69, 9.17) is 10.2 Å². The summed E-state index contributed by atoms with van der Waals surface area (Å²) in [6, 6.07) is 0. The number of hydrogen-bond acceptors (Lipinski definition) is 3. The number of amides is 1. The quantitative estimate of drug-likeness (QED) is 0.614. The van der Waals surface area contributed by atoms with Crippen molar-refractivity contribution in [3.05, 3.63) is 0 Å². The Labute approximate surface area is 83.3 Å². The molecule has 0 aliphatic rings. The van der Waals surface area contributed by atoms with E-state index < -0.39 is 5.97 Å². The number of carbonyl (C=O) groups is 2. The maximum Gasteiger partial charge on any atom is 0.305 e. The molecule has 0 fully saturated rings. The Morgan fingerprint density at radius 3 is 2.29 bits per heavy atom. The number of nitrogens with zero attached hydrogens (tertiary/aromatic N) is 1. The molecule has 0 aliphatic heterocycles. The molecule has 0 heterocycles. The number of aliphatic hydroxyl groups is 1. The van der Waals surface area contributed by atoms with Crippen LogP contribution in [0.4, 0.5) is 0 Å². The van der Waals surface area contributed by atoms with Crippen LogP contribution in [-0.2, 0) is 9.59 Å². The summed E-state index contributed by atoms with van der Waals surface area (Å²) >= 11 is 0. The molecule has 5 heteroatoms. The maximum atomic E-state index is 11.4. The van der Waals surface area contributed by atoms with Gasteiger partial charge in [-0.1, -0.05) is 6.92 Å². The second-order valence-electron chi connectivity index (χ2n) is 3.00. The fourth-order valence-corrected chi connectivity index (χ4v) is 1.08. The first kappa shape index (κ1) is 12.9. The summed E-state index contributed by atoms with van der Waals surface area (Å²) in [5.74, 6) is -1.03. The average molecular weight is 203 g/mol. The van der Waals surface area contributed by atoms with Crippen molar-refractivity contribution in [1.29, 1.82) is 0 Å². The van der Waals surface area contributed by atoms with E-state index in [1.807, 2.05) is 6.92 Å². The molecule has 0 spiro atoms. The Morgan fingerprint density at radius 1 is 1.21 bits per heavy atom. The van der Waals surface area contributed by atoms with E-state index in [0.29, 0.717) is 6.42 Å². The third-order valence-corrected chi connectivity index (χ3v) is 1.78. The zero-order chi connectivity index (χ0) is 11.0. The molecule has 0 bridgehead atoms. The monoisotopic (exact) mass is 203 g/mol. The largest absolute Gasteiger partial charge is 0.481 e. The Morgan fingerprint density at radius 2 is 1.86 bits per heavy atom. The van der Waals surface area contributed by atoms with Crippen LogP contribution < -0.4 is 0 Å². The van der Waals surface area contributed by atoms with E-state index in [2.05, 4.69) is 0 Å². The molecule has 5 nitrogen and oxygen atoms in total. The summed E-state index contributed by atoms with van der Waals surface area (Å²) < 4.78 is 0. The predicted octanol–water partition coefficient (Wildman–Crippen LogP) is 0.0821. The lowest BCUT2D eigenvalue weighted by Gasteiger charge is -2.20. The van der Waals surface area contributed by atoms with Gasteiger partial charge in [0.05, 0.1) is 13.0 Å². The lowest BCUT2D eigenvalue weighted by molar-refractivity contribution is -0.138. The Balaban J connectivity index is 3.99. The topological polar surface area (TPSA) is 77.8 Å². The Bertz CT molecular complexity index is 193. The number of carboxylic acid groups (broad SMARTS) is 1. The minimum atomic E-state index is -0.933. The highest BCUT2D eigenvalue weighted by Gasteiger charge is 2.12. The second kappa shape index (κ2) is 7.32. The van der Waals surface area contributed by atoms with Crippen molar-refractivity contribution in [2.45, 2.75) is 26.2 Å². The molecule has 0 aromatic rings. The highest BCUT2D eigenvalue weighted by Crippen LogP contribution is 1.98. The maximum absolute atomic E-state index is 11.4. The molecule has 0 radical (unpaired) electrons. The third-order valence-electron chi connectivity index (χ3n) is 1.78. The summed E-state index contributed by atoms with van der Waals surface area (Å²) in [5, 5.41) is 17.1. The first-order chi connectivity index (χ1) is 6.61. The number of carbonyl (C=O) groups excluding carboxylic acids is 1. The first-order valence-corrected chi connectivity index (χ1v) is 4.72. The van der Waals surface area contributed by atoms with Gasteiger partial charge in [-0.05, 0) is 6.42 Å². The van der Waals surface area contributed by atoms with E-state index in [1.54, 1.807) is 0 Å². The molecule has 0 aromatic heterocycles. The Hall–Kier alpha value is -1.10. The van der Waals surface area contributed by atoms with Gasteiger partial charge in [-0.2, -0.15) is 0 Å². The van der Waals surface area contributed by atoms with E-state index in [9.17, 15) is 9.59 Å². The molecule has 82 valence electrons. The summed E-state index contributed by atoms with van der Waals surface area (Å²) in [6.45, 7) is 2.14. The highest BCUT2D eigenvalue weighted by molar-refractivity contribution is 5.77. The van der Waals surface area contributed by atoms with Crippen LogP contribution in [-0.4, -0.2) is 46.7 Å². The molecule has 0 saturated heterocycles. The van der Waals surface area contributed by atoms with Crippen LogP contribution in [0.15, 0.2) is 0 Å². The Kier molecular flexibility index (Phi) is 6.74. The molecule has 0 saturated carbocycles. The minimum Gasteiger partial charge on any atom is -0.481 e. The SMILES string of the molecule is CCCC(=O)N(CCO)CCC(=O)O. The molecule has 2 N–H and O–H groups in total. The van der Waals surface area contributed by atoms with Gasteiger partial charge in [0.1, 0.15) is 0 Å². The van der Waals surface area contributed by atoms with Crippen LogP contribution >= 0.6 is 0 Å². The minimum absolute atomic E-state index is 0.0740. The van der Waals surface area contributed by atoms with Gasteiger partial charge in [-0.25, -0.2) is 0 Å². The number of hydrogen-bond donors (Lipinski definition) is 2. The van der Waals surface area contributed by atoms with E-state index in [-0.39, 0.29) is 32.0 Å². The highest BCUT2D eigenvalue weighted by atomic mass is 16.4. The number of rotatable bonds is 7. The van der Waals surface area contributed by atoms with Gasteiger partial charge >= 0.3 is 5.97 Å². The fourth-order valence-electron chi connectivity index (χ4n) is 1.08. The summed E-state index contributed by atoms with van der Waals surface area (Å²) in [4.78, 5) is 23.0. The molecule has 1 amide bonds. The molecule has 0 rings (SSSR count). The predicted molar refractivity (Wildman–Crippen MR) is 50.8 cm³/mol. The smallest absolute Gasteiger partial charge is 0.305 e. The molecule has 0 aliphatic carbocycles. The van der Waals surface area contributed by atoms with Gasteiger partial charge in [0.2, 0.25) is 5.91 Å². The summed E-state index contributed by atoms with van der Waals surface area (Å²) in [5.41, 5.74) is 0. The van der Waals surface area contributed by atoms with Crippen LogP contribution in [0.2, 0.25) is 0 Å². The molecule has 0 aromatic carbocycles. The van der Waals surface area contributed by atoms with Crippen molar-refractivity contribution in [2.75, 3.05) is 19.7 Å². The van der Waals surface area contributed by atoms with Gasteiger partial charge in [-0.3, -0.25) is 9.59 Å². The van der Waals surface area contributed by atoms with E-state index in [0.717, 1.165) is 6.42 Å². The molecular formula is C9H17NO4. The third kappa shape index (κ3) is 5.53. The number of aliphatic carboxylic acids is 1. The normalized spacial score (nSPS) is 9.86. The zero-order valence-electron chi connectivity index (χ0n) is 8.40. The van der Waals surface area contributed by atoms with E-state index in [1.165, 1.54) is 4.90 Å². The van der Waals surface area contributed by atoms with Crippen molar-refractivity contribution < 1.29 is 19.8 Å². The molecule has 14 heavy (non-hydrogen) atoms. The zero-order valence-corrected chi connectivity index (χ0v) is 8.40. The lowest BCUT2D eigenvalue weighted by Crippen LogP contribution is -2.35. The van der Waals surface area contributed by atoms with Crippen molar-refractivity contribution in [3.8, 4) is 0 Å². The summed E-state index contributed by atoms with van der Waals surface area (Å²) in [6.07, 6.45) is 1.06. The molecular weight excluding hydrogens is 186 g/mol. The van der Waals surface area contributed by atoms with Crippen LogP contribution in [0.3, 0.4) is 0 Å². The first-order valence-electron chi connectivity index (χ1n) is 4.72. The van der Waals surface area contributed by atoms with Crippen LogP contribution in [0.1, 0.15) is 26.2 Å². The van der Waals surface area contributed by atoms with Gasteiger partial charge < -0.3 is 15.1 Å². The van der Waals surface area contributed by atoms with Crippen molar-refractivity contribution in [1.82, 2.24) is 4.90 Å². The van der Waals surface area contributed by atoms with Gasteiger partial charge in [0, 0.05) is 19.5 Å². The van der Waals surface area contributed by atoms with Gasteiger partial charge in [-0.15, -0.1) is 0 Å². The lowest BCUT2D eigenvalue weighted by atomic mass is 10.3. The number of carboxylic acids is 1. The van der Waals surface area contributed by atoms with Crippen molar-refractivity contribution >= 4 is 11.9 Å². The molecule has 0 atom stereocenters.